The van der Waals surface area contributed by atoms with Crippen molar-refractivity contribution in [1.82, 2.24) is 5.32 Å². The van der Waals surface area contributed by atoms with Gasteiger partial charge in [-0.1, -0.05) is 72.8 Å². The van der Waals surface area contributed by atoms with Gasteiger partial charge in [-0.25, -0.2) is 0 Å². The van der Waals surface area contributed by atoms with Crippen molar-refractivity contribution >= 4 is 40.0 Å². The molecule has 0 fully saturated rings. The minimum absolute atomic E-state index is 0.178. The Hall–Kier alpha value is -4.98. The van der Waals surface area contributed by atoms with Crippen LogP contribution in [0.15, 0.2) is 97.1 Å². The number of carbonyl (C=O) groups excluding carboxylic acids is 3. The van der Waals surface area contributed by atoms with Gasteiger partial charge in [-0.2, -0.15) is 0 Å². The van der Waals surface area contributed by atoms with E-state index in [9.17, 15) is 14.4 Å². The summed E-state index contributed by atoms with van der Waals surface area (Å²) in [4.78, 5) is 41.0. The van der Waals surface area contributed by atoms with Crippen LogP contribution in [-0.4, -0.2) is 29.6 Å². The average Bonchev–Trinajstić information content (AvgIpc) is 2.92. The number of nitrogens with two attached hydrogens (primary N) is 2. The molecular formula is C29H27N5O3. The van der Waals surface area contributed by atoms with Crippen LogP contribution in [-0.2, 0) is 9.59 Å². The number of hydrogen-bond donors (Lipinski definition) is 4. The summed E-state index contributed by atoms with van der Waals surface area (Å²) in [5.74, 6) is -1.92. The Morgan fingerprint density at radius 3 is 2.11 bits per heavy atom. The maximum atomic E-state index is 14.1. The summed E-state index contributed by atoms with van der Waals surface area (Å²) in [7, 11) is 0. The van der Waals surface area contributed by atoms with Crippen LogP contribution in [0, 0.1) is 5.41 Å². The maximum absolute atomic E-state index is 14.1. The first-order valence-electron chi connectivity index (χ1n) is 11.7. The van der Waals surface area contributed by atoms with Gasteiger partial charge in [-0.3, -0.25) is 24.7 Å². The summed E-state index contributed by atoms with van der Waals surface area (Å²) in [5, 5.41) is 12.3. The number of amidine groups is 1. The minimum atomic E-state index is -1.12. The number of rotatable bonds is 8. The molecule has 4 aromatic rings. The summed E-state index contributed by atoms with van der Waals surface area (Å²) in [6, 6.07) is 26.0. The first-order valence-corrected chi connectivity index (χ1v) is 11.7. The smallest absolute Gasteiger partial charge is 0.254 e. The van der Waals surface area contributed by atoms with Crippen molar-refractivity contribution < 1.29 is 14.4 Å². The van der Waals surface area contributed by atoms with Crippen molar-refractivity contribution in [2.45, 2.75) is 19.0 Å². The Kier molecular flexibility index (Phi) is 7.29. The van der Waals surface area contributed by atoms with Crippen molar-refractivity contribution in [3.8, 4) is 0 Å². The van der Waals surface area contributed by atoms with Crippen molar-refractivity contribution in [3.05, 3.63) is 114 Å². The van der Waals surface area contributed by atoms with E-state index in [1.165, 1.54) is 11.0 Å². The number of benzene rings is 4. The second kappa shape index (κ2) is 10.7. The lowest BCUT2D eigenvalue weighted by Gasteiger charge is -2.32. The van der Waals surface area contributed by atoms with E-state index in [-0.39, 0.29) is 11.4 Å². The highest BCUT2D eigenvalue weighted by atomic mass is 16.2. The molecule has 0 saturated carbocycles. The lowest BCUT2D eigenvalue weighted by Crippen LogP contribution is -2.51. The van der Waals surface area contributed by atoms with Gasteiger partial charge >= 0.3 is 0 Å². The van der Waals surface area contributed by atoms with Gasteiger partial charge in [-0.15, -0.1) is 0 Å². The van der Waals surface area contributed by atoms with E-state index in [4.69, 9.17) is 16.9 Å². The third-order valence-electron chi connectivity index (χ3n) is 6.14. The van der Waals surface area contributed by atoms with Crippen LogP contribution in [0.2, 0.25) is 0 Å². The number of fused-ring (bicyclic) bond motifs is 1. The minimum Gasteiger partial charge on any atom is -0.384 e. The molecule has 0 unspecified atom stereocenters. The molecule has 0 aromatic heterocycles. The van der Waals surface area contributed by atoms with Gasteiger partial charge in [0, 0.05) is 16.8 Å². The molecule has 0 heterocycles. The van der Waals surface area contributed by atoms with Crippen molar-refractivity contribution in [2.24, 2.45) is 11.5 Å². The molecule has 0 radical (unpaired) electrons. The summed E-state index contributed by atoms with van der Waals surface area (Å²) in [5.41, 5.74) is 12.9. The Morgan fingerprint density at radius 1 is 0.784 bits per heavy atom. The molecule has 0 aliphatic carbocycles. The normalized spacial score (nSPS) is 12.4. The van der Waals surface area contributed by atoms with Crippen molar-refractivity contribution in [2.75, 3.05) is 4.90 Å². The SMILES string of the molecule is C[C@@H](C(N)=O)N(C(=O)[C@@H](NC(=O)c1cccc(C(=N)N)c1)c1ccccc1)c1ccc2ccccc2c1. The monoisotopic (exact) mass is 493 g/mol. The van der Waals surface area contributed by atoms with E-state index in [1.807, 2.05) is 36.4 Å². The quantitative estimate of drug-likeness (QED) is 0.220. The second-order valence-electron chi connectivity index (χ2n) is 8.63. The van der Waals surface area contributed by atoms with Gasteiger partial charge in [0.15, 0.2) is 0 Å². The summed E-state index contributed by atoms with van der Waals surface area (Å²) < 4.78 is 0. The highest BCUT2D eigenvalue weighted by Gasteiger charge is 2.33. The number of nitrogens with zero attached hydrogens (tertiary/aromatic N) is 1. The predicted octanol–water partition coefficient (Wildman–Crippen LogP) is 3.50. The van der Waals surface area contributed by atoms with E-state index in [0.717, 1.165) is 10.8 Å². The molecule has 0 bridgehead atoms. The van der Waals surface area contributed by atoms with E-state index >= 15 is 0 Å². The highest BCUT2D eigenvalue weighted by Crippen LogP contribution is 2.27. The van der Waals surface area contributed by atoms with Gasteiger partial charge < -0.3 is 16.8 Å². The first-order chi connectivity index (χ1) is 17.8. The number of amides is 3. The van der Waals surface area contributed by atoms with E-state index in [2.05, 4.69) is 5.32 Å². The van der Waals surface area contributed by atoms with Gasteiger partial charge in [0.25, 0.3) is 11.8 Å². The lowest BCUT2D eigenvalue weighted by molar-refractivity contribution is -0.125. The molecule has 3 amide bonds. The maximum Gasteiger partial charge on any atom is 0.254 e. The van der Waals surface area contributed by atoms with Crippen LogP contribution in [0.3, 0.4) is 0 Å². The fourth-order valence-electron chi connectivity index (χ4n) is 4.11. The van der Waals surface area contributed by atoms with E-state index in [1.54, 1.807) is 61.5 Å². The van der Waals surface area contributed by atoms with Crippen LogP contribution in [0.1, 0.15) is 34.5 Å². The Labute approximate surface area is 214 Å². The molecule has 4 aromatic carbocycles. The Balaban J connectivity index is 1.77. The lowest BCUT2D eigenvalue weighted by atomic mass is 10.0. The van der Waals surface area contributed by atoms with E-state index < -0.39 is 29.8 Å². The summed E-state index contributed by atoms with van der Waals surface area (Å²) in [6.45, 7) is 1.55. The number of primary amides is 1. The number of nitrogens with one attached hydrogen (secondary N) is 2. The molecule has 0 spiro atoms. The largest absolute Gasteiger partial charge is 0.384 e. The number of anilines is 1. The second-order valence-corrected chi connectivity index (χ2v) is 8.63. The molecule has 8 nitrogen and oxygen atoms in total. The molecule has 0 aliphatic rings. The van der Waals surface area contributed by atoms with Crippen LogP contribution in [0.5, 0.6) is 0 Å². The predicted molar refractivity (Wildman–Crippen MR) is 144 cm³/mol. The van der Waals surface area contributed by atoms with Crippen LogP contribution >= 0.6 is 0 Å². The zero-order valence-electron chi connectivity index (χ0n) is 20.2. The molecule has 0 saturated heterocycles. The Morgan fingerprint density at radius 2 is 1.43 bits per heavy atom. The fourth-order valence-corrected chi connectivity index (χ4v) is 4.11. The van der Waals surface area contributed by atoms with Gasteiger partial charge in [0.1, 0.15) is 17.9 Å². The average molecular weight is 494 g/mol. The zero-order chi connectivity index (χ0) is 26.5. The Bertz CT molecular complexity index is 1490. The number of carbonyl (C=O) groups is 3. The topological polar surface area (TPSA) is 142 Å². The summed E-state index contributed by atoms with van der Waals surface area (Å²) in [6.07, 6.45) is 0. The fraction of sp³-hybridized carbons (Fsp3) is 0.103. The van der Waals surface area contributed by atoms with E-state index in [0.29, 0.717) is 16.8 Å². The molecule has 37 heavy (non-hydrogen) atoms. The van der Waals surface area contributed by atoms with Gasteiger partial charge in [-0.05, 0) is 47.5 Å². The molecule has 2 atom stereocenters. The standard InChI is InChI=1S/C29H27N5O3/c1-18(27(32)35)34(24-15-14-19-8-5-6-11-21(19)17-24)29(37)25(20-9-3-2-4-10-20)33-28(36)23-13-7-12-22(16-23)26(30)31/h2-18,25H,1H3,(H3,30,31)(H2,32,35)(H,33,36)/t18-,25-/m0/s1. The first kappa shape index (κ1) is 25.1. The molecule has 6 N–H and O–H groups in total. The van der Waals surface area contributed by atoms with Gasteiger partial charge in [0.2, 0.25) is 5.91 Å². The zero-order valence-corrected chi connectivity index (χ0v) is 20.2. The van der Waals surface area contributed by atoms with Crippen molar-refractivity contribution in [3.63, 3.8) is 0 Å². The van der Waals surface area contributed by atoms with Crippen LogP contribution in [0.25, 0.3) is 10.8 Å². The number of nitrogen functional groups attached to an aromatic ring is 1. The highest BCUT2D eigenvalue weighted by molar-refractivity contribution is 6.07. The third kappa shape index (κ3) is 5.48. The molecule has 8 heteroatoms. The number of hydrogen-bond acceptors (Lipinski definition) is 4. The molecular weight excluding hydrogens is 466 g/mol. The molecule has 4 rings (SSSR count). The van der Waals surface area contributed by atoms with Gasteiger partial charge in [0.05, 0.1) is 0 Å². The van der Waals surface area contributed by atoms with Crippen molar-refractivity contribution in [1.29, 1.82) is 5.41 Å². The van der Waals surface area contributed by atoms with Crippen LogP contribution in [0.4, 0.5) is 5.69 Å². The summed E-state index contributed by atoms with van der Waals surface area (Å²) >= 11 is 0. The molecule has 0 aliphatic heterocycles. The van der Waals surface area contributed by atoms with Crippen LogP contribution < -0.4 is 21.7 Å². The molecule has 186 valence electrons. The third-order valence-corrected chi connectivity index (χ3v) is 6.14.